The first-order valence-electron chi connectivity index (χ1n) is 6.52. The normalized spacial score (nSPS) is 9.91. The van der Waals surface area contributed by atoms with Crippen LogP contribution in [0.25, 0.3) is 11.1 Å². The van der Waals surface area contributed by atoms with Crippen molar-refractivity contribution < 1.29 is 14.3 Å². The largest absolute Gasteiger partial charge is 0.496 e. The minimum Gasteiger partial charge on any atom is -0.496 e. The lowest BCUT2D eigenvalue weighted by Gasteiger charge is -2.14. The van der Waals surface area contributed by atoms with Gasteiger partial charge in [0.25, 0.3) is 0 Å². The van der Waals surface area contributed by atoms with Gasteiger partial charge in [-0.3, -0.25) is 4.98 Å². The fourth-order valence-electron chi connectivity index (χ4n) is 2.05. The number of hydrogen-bond donors (Lipinski definition) is 0. The molecule has 0 unspecified atom stereocenters. The SMILES string of the molecule is CCOC(=O)c1cnccc1-c1c(OC)ccc(C#N)c1Cl. The van der Waals surface area contributed by atoms with Crippen LogP contribution in [0.3, 0.4) is 0 Å². The van der Waals surface area contributed by atoms with Gasteiger partial charge in [0, 0.05) is 23.5 Å². The molecular weight excluding hydrogens is 304 g/mol. The van der Waals surface area contributed by atoms with E-state index in [2.05, 4.69) is 4.98 Å². The number of pyridine rings is 1. The second kappa shape index (κ2) is 6.92. The van der Waals surface area contributed by atoms with E-state index in [1.165, 1.54) is 19.5 Å². The zero-order valence-electron chi connectivity index (χ0n) is 12.1. The summed E-state index contributed by atoms with van der Waals surface area (Å²) in [6.45, 7) is 1.97. The van der Waals surface area contributed by atoms with Crippen LogP contribution >= 0.6 is 11.6 Å². The minimum atomic E-state index is -0.508. The molecule has 2 aromatic rings. The van der Waals surface area contributed by atoms with Crippen LogP contribution in [0, 0.1) is 11.3 Å². The van der Waals surface area contributed by atoms with E-state index >= 15 is 0 Å². The van der Waals surface area contributed by atoms with E-state index in [4.69, 9.17) is 26.3 Å². The number of nitrogens with zero attached hydrogens (tertiary/aromatic N) is 2. The van der Waals surface area contributed by atoms with Crippen molar-refractivity contribution in [1.29, 1.82) is 5.26 Å². The highest BCUT2D eigenvalue weighted by atomic mass is 35.5. The van der Waals surface area contributed by atoms with E-state index in [1.54, 1.807) is 25.1 Å². The number of nitriles is 1. The summed E-state index contributed by atoms with van der Waals surface area (Å²) in [5.41, 5.74) is 1.53. The quantitative estimate of drug-likeness (QED) is 0.808. The molecule has 0 radical (unpaired) electrons. The second-order valence-corrected chi connectivity index (χ2v) is 4.64. The van der Waals surface area contributed by atoms with Gasteiger partial charge in [-0.1, -0.05) is 11.6 Å². The van der Waals surface area contributed by atoms with Crippen molar-refractivity contribution in [1.82, 2.24) is 4.98 Å². The Hall–Kier alpha value is -2.58. The van der Waals surface area contributed by atoms with E-state index in [9.17, 15) is 4.79 Å². The highest BCUT2D eigenvalue weighted by molar-refractivity contribution is 6.35. The van der Waals surface area contributed by atoms with E-state index in [0.717, 1.165) is 0 Å². The average Bonchev–Trinajstić information content (AvgIpc) is 2.54. The lowest BCUT2D eigenvalue weighted by molar-refractivity contribution is 0.0527. The molecule has 0 aliphatic rings. The zero-order chi connectivity index (χ0) is 16.1. The molecule has 1 aromatic heterocycles. The first-order chi connectivity index (χ1) is 10.6. The molecule has 0 spiro atoms. The molecule has 0 atom stereocenters. The first kappa shape index (κ1) is 15.8. The molecule has 0 fully saturated rings. The van der Waals surface area contributed by atoms with Crippen LogP contribution in [0.4, 0.5) is 0 Å². The topological polar surface area (TPSA) is 72.2 Å². The summed E-state index contributed by atoms with van der Waals surface area (Å²) in [5, 5.41) is 9.36. The van der Waals surface area contributed by atoms with Gasteiger partial charge in [-0.15, -0.1) is 0 Å². The highest BCUT2D eigenvalue weighted by Gasteiger charge is 2.21. The smallest absolute Gasteiger partial charge is 0.340 e. The third-order valence-electron chi connectivity index (χ3n) is 3.03. The molecule has 112 valence electrons. The number of esters is 1. The van der Waals surface area contributed by atoms with Crippen LogP contribution in [0.15, 0.2) is 30.6 Å². The fourth-order valence-corrected chi connectivity index (χ4v) is 2.35. The number of methoxy groups -OCH3 is 1. The number of hydrogen-bond acceptors (Lipinski definition) is 5. The summed E-state index contributed by atoms with van der Waals surface area (Å²) in [7, 11) is 1.49. The second-order valence-electron chi connectivity index (χ2n) is 4.26. The fraction of sp³-hybridized carbons (Fsp3) is 0.188. The van der Waals surface area contributed by atoms with Crippen molar-refractivity contribution in [3.05, 3.63) is 46.7 Å². The molecule has 0 amide bonds. The van der Waals surface area contributed by atoms with Crippen molar-refractivity contribution in [3.8, 4) is 22.9 Å². The van der Waals surface area contributed by atoms with E-state index in [-0.39, 0.29) is 17.2 Å². The maximum atomic E-state index is 12.1. The molecule has 1 heterocycles. The van der Waals surface area contributed by atoms with Crippen LogP contribution in [0.1, 0.15) is 22.8 Å². The summed E-state index contributed by atoms with van der Waals surface area (Å²) in [6, 6.07) is 6.85. The standard InChI is InChI=1S/C16H13ClN2O3/c1-3-22-16(20)12-9-19-7-6-11(12)14-13(21-2)5-4-10(8-18)15(14)17/h4-7,9H,3H2,1-2H3. The summed E-state index contributed by atoms with van der Waals surface area (Å²) in [6.07, 6.45) is 2.94. The number of ether oxygens (including phenoxy) is 2. The van der Waals surface area contributed by atoms with Crippen LogP contribution in [0.2, 0.25) is 5.02 Å². The van der Waals surface area contributed by atoms with Crippen LogP contribution in [-0.2, 0) is 4.74 Å². The third kappa shape index (κ3) is 2.87. The van der Waals surface area contributed by atoms with E-state index < -0.39 is 5.97 Å². The summed E-state index contributed by atoms with van der Waals surface area (Å²) in [5.74, 6) is -0.0492. The van der Waals surface area contributed by atoms with E-state index in [0.29, 0.717) is 22.4 Å². The number of benzene rings is 1. The average molecular weight is 317 g/mol. The first-order valence-corrected chi connectivity index (χ1v) is 6.89. The van der Waals surface area contributed by atoms with Gasteiger partial charge < -0.3 is 9.47 Å². The molecule has 5 nitrogen and oxygen atoms in total. The molecule has 0 saturated heterocycles. The number of aromatic nitrogens is 1. The predicted molar refractivity (Wildman–Crippen MR) is 81.9 cm³/mol. The van der Waals surface area contributed by atoms with Crippen molar-refractivity contribution in [2.45, 2.75) is 6.92 Å². The molecule has 2 rings (SSSR count). The Morgan fingerprint density at radius 3 is 2.82 bits per heavy atom. The number of carbonyl (C=O) groups excluding carboxylic acids is 1. The monoisotopic (exact) mass is 316 g/mol. The van der Waals surface area contributed by atoms with Crippen LogP contribution in [-0.4, -0.2) is 24.7 Å². The molecule has 0 aliphatic heterocycles. The lowest BCUT2D eigenvalue weighted by atomic mass is 9.98. The van der Waals surface area contributed by atoms with Gasteiger partial charge in [-0.2, -0.15) is 5.26 Å². The van der Waals surface area contributed by atoms with Crippen LogP contribution in [0.5, 0.6) is 5.75 Å². The Bertz CT molecular complexity index is 754. The Morgan fingerprint density at radius 2 is 2.18 bits per heavy atom. The third-order valence-corrected chi connectivity index (χ3v) is 3.42. The van der Waals surface area contributed by atoms with Gasteiger partial charge >= 0.3 is 5.97 Å². The van der Waals surface area contributed by atoms with Gasteiger partial charge in [0.2, 0.25) is 0 Å². The number of rotatable bonds is 4. The van der Waals surface area contributed by atoms with Crippen molar-refractivity contribution in [3.63, 3.8) is 0 Å². The van der Waals surface area contributed by atoms with E-state index in [1.807, 2.05) is 6.07 Å². The molecule has 0 N–H and O–H groups in total. The van der Waals surface area contributed by atoms with Crippen molar-refractivity contribution in [2.75, 3.05) is 13.7 Å². The minimum absolute atomic E-state index is 0.221. The molecule has 0 bridgehead atoms. The Kier molecular flexibility index (Phi) is 4.97. The predicted octanol–water partition coefficient (Wildman–Crippen LogP) is 3.46. The summed E-state index contributed by atoms with van der Waals surface area (Å²) in [4.78, 5) is 16.0. The molecule has 1 aromatic carbocycles. The Balaban J connectivity index is 2.72. The summed E-state index contributed by atoms with van der Waals surface area (Å²) >= 11 is 6.31. The molecular formula is C16H13ClN2O3. The maximum Gasteiger partial charge on any atom is 0.340 e. The van der Waals surface area contributed by atoms with Crippen molar-refractivity contribution >= 4 is 17.6 Å². The Morgan fingerprint density at radius 1 is 1.41 bits per heavy atom. The highest BCUT2D eigenvalue weighted by Crippen LogP contribution is 2.40. The number of carbonyl (C=O) groups is 1. The maximum absolute atomic E-state index is 12.1. The summed E-state index contributed by atoms with van der Waals surface area (Å²) < 4.78 is 10.3. The van der Waals surface area contributed by atoms with Gasteiger partial charge in [0.1, 0.15) is 11.8 Å². The van der Waals surface area contributed by atoms with Gasteiger partial charge in [-0.05, 0) is 25.1 Å². The molecule has 0 aliphatic carbocycles. The molecule has 6 heteroatoms. The molecule has 22 heavy (non-hydrogen) atoms. The lowest BCUT2D eigenvalue weighted by Crippen LogP contribution is -2.07. The zero-order valence-corrected chi connectivity index (χ0v) is 12.8. The molecule has 0 saturated carbocycles. The van der Waals surface area contributed by atoms with Crippen LogP contribution < -0.4 is 4.74 Å². The Labute approximate surface area is 133 Å². The van der Waals surface area contributed by atoms with Gasteiger partial charge in [-0.25, -0.2) is 4.79 Å². The van der Waals surface area contributed by atoms with Crippen molar-refractivity contribution in [2.24, 2.45) is 0 Å². The number of halogens is 1. The van der Waals surface area contributed by atoms with Gasteiger partial charge in [0.15, 0.2) is 0 Å². The van der Waals surface area contributed by atoms with Gasteiger partial charge in [0.05, 0.1) is 29.9 Å².